The molecular weight excluding hydrogens is 250 g/mol. The number of rotatable bonds is 3. The summed E-state index contributed by atoms with van der Waals surface area (Å²) in [4.78, 5) is 12.8. The van der Waals surface area contributed by atoms with E-state index in [0.717, 1.165) is 22.5 Å². The molecular formula is C15H15N5. The third-order valence-electron chi connectivity index (χ3n) is 3.26. The van der Waals surface area contributed by atoms with Crippen LogP contribution in [0, 0.1) is 6.92 Å². The summed E-state index contributed by atoms with van der Waals surface area (Å²) in [7, 11) is 0. The third kappa shape index (κ3) is 2.25. The zero-order valence-electron chi connectivity index (χ0n) is 11.2. The highest BCUT2D eigenvalue weighted by molar-refractivity contribution is 5.70. The smallest absolute Gasteiger partial charge is 0.132 e. The largest absolute Gasteiger partial charge is 0.383 e. The first-order valence-corrected chi connectivity index (χ1v) is 6.37. The zero-order valence-corrected chi connectivity index (χ0v) is 11.2. The first-order chi connectivity index (χ1) is 9.75. The molecule has 0 atom stereocenters. The second kappa shape index (κ2) is 5.13. The Labute approximate surface area is 117 Å². The molecule has 0 unspecified atom stereocenters. The Balaban J connectivity index is 2.00. The normalized spacial score (nSPS) is 10.7. The molecule has 0 saturated carbocycles. The van der Waals surface area contributed by atoms with Crippen LogP contribution in [0.1, 0.15) is 11.3 Å². The van der Waals surface area contributed by atoms with Crippen molar-refractivity contribution in [3.05, 3.63) is 60.4 Å². The summed E-state index contributed by atoms with van der Waals surface area (Å²) < 4.78 is 2.03. The van der Waals surface area contributed by atoms with Gasteiger partial charge in [-0.15, -0.1) is 0 Å². The second-order valence-electron chi connectivity index (χ2n) is 4.61. The van der Waals surface area contributed by atoms with Crippen LogP contribution < -0.4 is 5.73 Å². The molecule has 2 N–H and O–H groups in total. The number of hydrogen-bond donors (Lipinski definition) is 1. The number of imidazole rings is 1. The van der Waals surface area contributed by atoms with Crippen LogP contribution in [-0.2, 0) is 6.54 Å². The molecule has 3 aromatic heterocycles. The lowest BCUT2D eigenvalue weighted by Crippen LogP contribution is -2.05. The van der Waals surface area contributed by atoms with Gasteiger partial charge < -0.3 is 10.3 Å². The number of aryl methyl sites for hydroxylation is 1. The minimum Gasteiger partial charge on any atom is -0.383 e. The number of pyridine rings is 2. The maximum absolute atomic E-state index is 5.94. The Hall–Kier alpha value is -2.69. The van der Waals surface area contributed by atoms with Crippen molar-refractivity contribution in [2.75, 3.05) is 5.73 Å². The van der Waals surface area contributed by atoms with Crippen LogP contribution in [0.25, 0.3) is 11.3 Å². The lowest BCUT2D eigenvalue weighted by molar-refractivity contribution is 0.773. The predicted octanol–water partition coefficient (Wildman–Crippen LogP) is 2.28. The first-order valence-electron chi connectivity index (χ1n) is 6.37. The van der Waals surface area contributed by atoms with E-state index >= 15 is 0 Å². The van der Waals surface area contributed by atoms with E-state index in [1.807, 2.05) is 22.8 Å². The Kier molecular flexibility index (Phi) is 3.16. The van der Waals surface area contributed by atoms with E-state index in [4.69, 9.17) is 5.73 Å². The predicted molar refractivity (Wildman–Crippen MR) is 77.9 cm³/mol. The number of nitrogens with zero attached hydrogens (tertiary/aromatic N) is 4. The third-order valence-corrected chi connectivity index (χ3v) is 3.26. The topological polar surface area (TPSA) is 69.6 Å². The Morgan fingerprint density at radius 3 is 2.75 bits per heavy atom. The minimum absolute atomic E-state index is 0.506. The van der Waals surface area contributed by atoms with Gasteiger partial charge in [0.05, 0.1) is 30.5 Å². The van der Waals surface area contributed by atoms with Crippen LogP contribution in [0.3, 0.4) is 0 Å². The van der Waals surface area contributed by atoms with Crippen LogP contribution in [0.5, 0.6) is 0 Å². The van der Waals surface area contributed by atoms with E-state index in [2.05, 4.69) is 27.9 Å². The molecule has 0 fully saturated rings. The molecule has 20 heavy (non-hydrogen) atoms. The van der Waals surface area contributed by atoms with Crippen molar-refractivity contribution in [2.45, 2.75) is 13.5 Å². The molecule has 0 radical (unpaired) electrons. The number of hydrogen-bond acceptors (Lipinski definition) is 4. The highest BCUT2D eigenvalue weighted by atomic mass is 15.1. The van der Waals surface area contributed by atoms with Gasteiger partial charge in [0, 0.05) is 18.0 Å². The van der Waals surface area contributed by atoms with Crippen molar-refractivity contribution in [3.8, 4) is 11.3 Å². The molecule has 0 bridgehead atoms. The van der Waals surface area contributed by atoms with Gasteiger partial charge in [-0.05, 0) is 30.7 Å². The van der Waals surface area contributed by atoms with Crippen molar-refractivity contribution in [3.63, 3.8) is 0 Å². The molecule has 0 aromatic carbocycles. The summed E-state index contributed by atoms with van der Waals surface area (Å²) in [5.41, 5.74) is 9.95. The number of nitrogens with two attached hydrogens (primary N) is 1. The summed E-state index contributed by atoms with van der Waals surface area (Å²) >= 11 is 0. The van der Waals surface area contributed by atoms with Crippen LogP contribution in [-0.4, -0.2) is 19.5 Å². The van der Waals surface area contributed by atoms with Gasteiger partial charge >= 0.3 is 0 Å². The second-order valence-corrected chi connectivity index (χ2v) is 4.61. The SMILES string of the molecule is Cc1cccnc1Cn1cncc1-c1cccnc1N. The van der Waals surface area contributed by atoms with Crippen molar-refractivity contribution >= 4 is 5.82 Å². The van der Waals surface area contributed by atoms with E-state index in [1.165, 1.54) is 0 Å². The van der Waals surface area contributed by atoms with Gasteiger partial charge in [-0.25, -0.2) is 9.97 Å². The van der Waals surface area contributed by atoms with E-state index < -0.39 is 0 Å². The molecule has 0 aliphatic rings. The number of nitrogen functional groups attached to an aromatic ring is 1. The zero-order chi connectivity index (χ0) is 13.9. The molecule has 0 aliphatic heterocycles. The minimum atomic E-state index is 0.506. The summed E-state index contributed by atoms with van der Waals surface area (Å²) in [5, 5.41) is 0. The number of aromatic nitrogens is 4. The first kappa shape index (κ1) is 12.3. The Morgan fingerprint density at radius 1 is 1.15 bits per heavy atom. The summed E-state index contributed by atoms with van der Waals surface area (Å²) in [6.07, 6.45) is 7.07. The van der Waals surface area contributed by atoms with E-state index in [9.17, 15) is 0 Å². The van der Waals surface area contributed by atoms with Gasteiger partial charge in [0.15, 0.2) is 0 Å². The fourth-order valence-corrected chi connectivity index (χ4v) is 2.15. The molecule has 5 heteroatoms. The molecule has 0 aliphatic carbocycles. The molecule has 100 valence electrons. The van der Waals surface area contributed by atoms with Crippen LogP contribution >= 0.6 is 0 Å². The maximum atomic E-state index is 5.94. The van der Waals surface area contributed by atoms with E-state index in [1.54, 1.807) is 24.9 Å². The van der Waals surface area contributed by atoms with Gasteiger partial charge in [-0.2, -0.15) is 0 Å². The van der Waals surface area contributed by atoms with Crippen LogP contribution in [0.15, 0.2) is 49.2 Å². The quantitative estimate of drug-likeness (QED) is 0.788. The lowest BCUT2D eigenvalue weighted by Gasteiger charge is -2.10. The average molecular weight is 265 g/mol. The number of anilines is 1. The van der Waals surface area contributed by atoms with Crippen LogP contribution in [0.4, 0.5) is 5.82 Å². The van der Waals surface area contributed by atoms with E-state index in [-0.39, 0.29) is 0 Å². The van der Waals surface area contributed by atoms with Gasteiger partial charge in [-0.3, -0.25) is 4.98 Å². The molecule has 3 heterocycles. The van der Waals surface area contributed by atoms with Crippen molar-refractivity contribution < 1.29 is 0 Å². The monoisotopic (exact) mass is 265 g/mol. The highest BCUT2D eigenvalue weighted by Gasteiger charge is 2.10. The molecule has 3 aromatic rings. The average Bonchev–Trinajstić information content (AvgIpc) is 2.90. The highest BCUT2D eigenvalue weighted by Crippen LogP contribution is 2.24. The molecule has 0 spiro atoms. The lowest BCUT2D eigenvalue weighted by atomic mass is 10.2. The standard InChI is InChI=1S/C15H15N5/c1-11-4-2-6-18-13(11)9-20-10-17-8-14(20)12-5-3-7-19-15(12)16/h2-8,10H,9H2,1H3,(H2,16,19). The van der Waals surface area contributed by atoms with Gasteiger partial charge in [-0.1, -0.05) is 6.07 Å². The van der Waals surface area contributed by atoms with E-state index in [0.29, 0.717) is 12.4 Å². The molecule has 0 saturated heterocycles. The summed E-state index contributed by atoms with van der Waals surface area (Å²) in [6.45, 7) is 2.72. The van der Waals surface area contributed by atoms with Gasteiger partial charge in [0.1, 0.15) is 5.82 Å². The Bertz CT molecular complexity index is 732. The molecule has 5 nitrogen and oxygen atoms in total. The molecule has 0 amide bonds. The van der Waals surface area contributed by atoms with Crippen molar-refractivity contribution in [2.24, 2.45) is 0 Å². The maximum Gasteiger partial charge on any atom is 0.132 e. The summed E-state index contributed by atoms with van der Waals surface area (Å²) in [6, 6.07) is 7.81. The van der Waals surface area contributed by atoms with Crippen molar-refractivity contribution in [1.82, 2.24) is 19.5 Å². The van der Waals surface area contributed by atoms with Gasteiger partial charge in [0.25, 0.3) is 0 Å². The fraction of sp³-hybridized carbons (Fsp3) is 0.133. The Morgan fingerprint density at radius 2 is 1.95 bits per heavy atom. The molecule has 3 rings (SSSR count). The fourth-order valence-electron chi connectivity index (χ4n) is 2.15. The summed E-state index contributed by atoms with van der Waals surface area (Å²) in [5.74, 6) is 0.506. The van der Waals surface area contributed by atoms with Crippen molar-refractivity contribution in [1.29, 1.82) is 0 Å². The van der Waals surface area contributed by atoms with Gasteiger partial charge in [0.2, 0.25) is 0 Å². The van der Waals surface area contributed by atoms with Crippen LogP contribution in [0.2, 0.25) is 0 Å².